The zero-order valence-corrected chi connectivity index (χ0v) is 23.9. The van der Waals surface area contributed by atoms with Gasteiger partial charge in [0, 0.05) is 70.2 Å². The number of aliphatic hydroxyl groups is 1. The number of fused-ring (bicyclic) bond motifs is 2. The molecule has 3 aliphatic rings. The van der Waals surface area contributed by atoms with E-state index in [1.807, 2.05) is 53.6 Å². The van der Waals surface area contributed by atoms with Gasteiger partial charge in [0.25, 0.3) is 5.91 Å². The number of aromatic nitrogens is 1. The molecule has 1 fully saturated rings. The Morgan fingerprint density at radius 3 is 2.64 bits per heavy atom. The molecule has 42 heavy (non-hydrogen) atoms. The number of aliphatic hydroxyl groups excluding tert-OH is 1. The van der Waals surface area contributed by atoms with Crippen molar-refractivity contribution < 1.29 is 33.6 Å². The highest BCUT2D eigenvalue weighted by Gasteiger charge is 2.33. The van der Waals surface area contributed by atoms with Crippen molar-refractivity contribution in [1.29, 1.82) is 0 Å². The normalized spacial score (nSPS) is 20.4. The van der Waals surface area contributed by atoms with Gasteiger partial charge >= 0.3 is 0 Å². The Morgan fingerprint density at radius 1 is 1.02 bits per heavy atom. The van der Waals surface area contributed by atoms with Crippen LogP contribution < -0.4 is 9.47 Å². The monoisotopic (exact) mass is 575 g/mol. The minimum absolute atomic E-state index is 0.0692. The van der Waals surface area contributed by atoms with Crippen molar-refractivity contribution in [2.45, 2.75) is 44.9 Å². The summed E-state index contributed by atoms with van der Waals surface area (Å²) in [5.41, 5.74) is 2.95. The summed E-state index contributed by atoms with van der Waals surface area (Å²) in [6, 6.07) is 13.8. The summed E-state index contributed by atoms with van der Waals surface area (Å²) >= 11 is 0. The number of allylic oxidation sites excluding steroid dienone is 1. The van der Waals surface area contributed by atoms with Gasteiger partial charge in [0.15, 0.2) is 17.3 Å². The average molecular weight is 576 g/mol. The third-order valence-corrected chi connectivity index (χ3v) is 8.11. The van der Waals surface area contributed by atoms with Gasteiger partial charge in [-0.2, -0.15) is 0 Å². The third kappa shape index (κ3) is 6.01. The van der Waals surface area contributed by atoms with Crippen LogP contribution in [0.3, 0.4) is 0 Å². The molecule has 0 saturated carbocycles. The van der Waals surface area contributed by atoms with E-state index < -0.39 is 6.29 Å². The summed E-state index contributed by atoms with van der Waals surface area (Å²) in [6.07, 6.45) is 5.01. The van der Waals surface area contributed by atoms with Gasteiger partial charge < -0.3 is 29.0 Å². The molecule has 3 aliphatic heterocycles. The van der Waals surface area contributed by atoms with Crippen LogP contribution in [-0.2, 0) is 20.8 Å². The van der Waals surface area contributed by atoms with Crippen LogP contribution >= 0.6 is 0 Å². The Kier molecular flexibility index (Phi) is 8.46. The number of benzene rings is 2. The Balaban J connectivity index is 1.17. The number of ether oxygens (including phenoxy) is 4. The Labute approximate surface area is 245 Å². The summed E-state index contributed by atoms with van der Waals surface area (Å²) in [7, 11) is 0. The molecule has 0 radical (unpaired) electrons. The first kappa shape index (κ1) is 28.3. The summed E-state index contributed by atoms with van der Waals surface area (Å²) in [6.45, 7) is 5.74. The second-order valence-electron chi connectivity index (χ2n) is 11.0. The summed E-state index contributed by atoms with van der Waals surface area (Å²) in [5.74, 6) is 1.44. The molecule has 0 unspecified atom stereocenters. The van der Waals surface area contributed by atoms with Crippen LogP contribution in [0.5, 0.6) is 11.5 Å². The number of hydrogen-bond donors (Lipinski definition) is 1. The molecule has 10 nitrogen and oxygen atoms in total. The maximum Gasteiger partial charge on any atom is 0.288 e. The van der Waals surface area contributed by atoms with Gasteiger partial charge in [-0.15, -0.1) is 0 Å². The number of carbonyl (C=O) groups is 2. The van der Waals surface area contributed by atoms with Gasteiger partial charge in [0.2, 0.25) is 19.0 Å². The van der Waals surface area contributed by atoms with E-state index in [1.165, 1.54) is 0 Å². The first-order valence-corrected chi connectivity index (χ1v) is 14.6. The highest BCUT2D eigenvalue weighted by molar-refractivity contribution is 5.95. The smallest absolute Gasteiger partial charge is 0.288 e. The Hall–Kier alpha value is -3.86. The first-order chi connectivity index (χ1) is 20.5. The quantitative estimate of drug-likeness (QED) is 0.384. The standard InChI is InChI=1S/C32H37N3O7/c1-22(37)35-20-26(25-6-2-3-7-27(25)35)24-17-30(42-31(18-24)39-15-5-4-14-36)32(38)34-12-10-33(11-13-34)19-23-8-9-28-29(16-23)41-21-40-28/h2-3,6-9,16-17,20,24,31,36H,4-5,10-15,18-19,21H2,1H3/t24-,31+/m1/s1. The van der Waals surface area contributed by atoms with E-state index in [4.69, 9.17) is 24.1 Å². The number of nitrogens with zero attached hydrogens (tertiary/aromatic N) is 3. The number of carbonyl (C=O) groups excluding carboxylic acids is 2. The zero-order chi connectivity index (χ0) is 29.1. The number of piperazine rings is 1. The van der Waals surface area contributed by atoms with Crippen molar-refractivity contribution in [1.82, 2.24) is 14.4 Å². The van der Waals surface area contributed by atoms with Gasteiger partial charge in [-0.1, -0.05) is 24.3 Å². The first-order valence-electron chi connectivity index (χ1n) is 14.6. The van der Waals surface area contributed by atoms with Crippen molar-refractivity contribution in [2.24, 2.45) is 0 Å². The lowest BCUT2D eigenvalue weighted by atomic mass is 9.92. The number of amides is 1. The molecule has 1 N–H and O–H groups in total. The maximum absolute atomic E-state index is 13.8. The molecular weight excluding hydrogens is 538 g/mol. The van der Waals surface area contributed by atoms with Crippen LogP contribution in [0, 0.1) is 0 Å². The number of para-hydroxylation sites is 1. The summed E-state index contributed by atoms with van der Waals surface area (Å²) < 4.78 is 24.8. The molecule has 6 rings (SSSR count). The molecule has 1 aromatic heterocycles. The fraction of sp³-hybridized carbons (Fsp3) is 0.438. The van der Waals surface area contributed by atoms with E-state index in [-0.39, 0.29) is 36.9 Å². The van der Waals surface area contributed by atoms with Crippen molar-refractivity contribution in [3.05, 3.63) is 71.6 Å². The van der Waals surface area contributed by atoms with Crippen LogP contribution in [0.1, 0.15) is 48.0 Å². The van der Waals surface area contributed by atoms with Gasteiger partial charge in [0.05, 0.1) is 12.1 Å². The highest BCUT2D eigenvalue weighted by Crippen LogP contribution is 2.37. The predicted octanol–water partition coefficient (Wildman–Crippen LogP) is 3.88. The molecular formula is C32H37N3O7. The van der Waals surface area contributed by atoms with Crippen molar-refractivity contribution in [2.75, 3.05) is 46.2 Å². The van der Waals surface area contributed by atoms with Gasteiger partial charge in [0.1, 0.15) is 0 Å². The molecule has 0 spiro atoms. The molecule has 1 saturated heterocycles. The molecule has 4 heterocycles. The topological polar surface area (TPSA) is 103 Å². The van der Waals surface area contributed by atoms with E-state index in [1.54, 1.807) is 11.5 Å². The largest absolute Gasteiger partial charge is 0.459 e. The van der Waals surface area contributed by atoms with Crippen molar-refractivity contribution in [3.8, 4) is 11.5 Å². The fourth-order valence-electron chi connectivity index (χ4n) is 5.88. The van der Waals surface area contributed by atoms with Crippen LogP contribution in [0.4, 0.5) is 0 Å². The Bertz CT molecular complexity index is 1470. The second-order valence-corrected chi connectivity index (χ2v) is 11.0. The molecule has 0 aliphatic carbocycles. The van der Waals surface area contributed by atoms with Crippen molar-refractivity contribution in [3.63, 3.8) is 0 Å². The van der Waals surface area contributed by atoms with E-state index in [2.05, 4.69) is 11.0 Å². The van der Waals surface area contributed by atoms with E-state index >= 15 is 0 Å². The van der Waals surface area contributed by atoms with Gasteiger partial charge in [-0.25, -0.2) is 0 Å². The lowest BCUT2D eigenvalue weighted by Crippen LogP contribution is -2.49. The van der Waals surface area contributed by atoms with E-state index in [0.29, 0.717) is 39.0 Å². The molecule has 10 heteroatoms. The second kappa shape index (κ2) is 12.6. The average Bonchev–Trinajstić information content (AvgIpc) is 3.64. The van der Waals surface area contributed by atoms with Crippen molar-refractivity contribution >= 4 is 22.7 Å². The number of rotatable bonds is 9. The number of unbranched alkanes of at least 4 members (excludes halogenated alkanes) is 1. The van der Waals surface area contributed by atoms with E-state index in [0.717, 1.165) is 53.2 Å². The molecule has 2 atom stereocenters. The van der Waals surface area contributed by atoms with Gasteiger partial charge in [-0.05, 0) is 48.2 Å². The van der Waals surface area contributed by atoms with Crippen LogP contribution in [-0.4, -0.2) is 83.8 Å². The summed E-state index contributed by atoms with van der Waals surface area (Å²) in [4.78, 5) is 30.3. The van der Waals surface area contributed by atoms with Crippen LogP contribution in [0.25, 0.3) is 10.9 Å². The van der Waals surface area contributed by atoms with Gasteiger partial charge in [-0.3, -0.25) is 19.1 Å². The number of hydrogen-bond acceptors (Lipinski definition) is 8. The maximum atomic E-state index is 13.8. The molecule has 1 amide bonds. The SMILES string of the molecule is CC(=O)n1cc([C@@H]2C=C(C(=O)N3CCN(Cc4ccc5c(c4)OCO5)CC3)O[C@H](OCCCCO)C2)c2ccccc21. The lowest BCUT2D eigenvalue weighted by Gasteiger charge is -2.36. The highest BCUT2D eigenvalue weighted by atomic mass is 16.7. The Morgan fingerprint density at radius 2 is 1.83 bits per heavy atom. The molecule has 3 aromatic rings. The van der Waals surface area contributed by atoms with Crippen LogP contribution in [0.15, 0.2) is 60.5 Å². The molecule has 2 aromatic carbocycles. The van der Waals surface area contributed by atoms with Crippen LogP contribution in [0.2, 0.25) is 0 Å². The zero-order valence-electron chi connectivity index (χ0n) is 23.9. The van der Waals surface area contributed by atoms with E-state index in [9.17, 15) is 9.59 Å². The molecule has 0 bridgehead atoms. The lowest BCUT2D eigenvalue weighted by molar-refractivity contribution is -0.154. The predicted molar refractivity (Wildman–Crippen MR) is 155 cm³/mol. The minimum Gasteiger partial charge on any atom is -0.459 e. The third-order valence-electron chi connectivity index (χ3n) is 8.11. The minimum atomic E-state index is -0.607. The molecule has 222 valence electrons. The fourth-order valence-corrected chi connectivity index (χ4v) is 5.88. The summed E-state index contributed by atoms with van der Waals surface area (Å²) in [5, 5.41) is 10.1.